The molecule has 2 aromatic rings. The number of anilines is 1. The normalized spacial score (nSPS) is 16.0. The van der Waals surface area contributed by atoms with Gasteiger partial charge in [0.25, 0.3) is 0 Å². The molecule has 0 fully saturated rings. The monoisotopic (exact) mass is 465 g/mol. The van der Waals surface area contributed by atoms with Gasteiger partial charge in [-0.3, -0.25) is 0 Å². The Labute approximate surface area is 174 Å². The van der Waals surface area contributed by atoms with Gasteiger partial charge in [-0.05, 0) is 51.3 Å². The number of benzene rings is 2. The maximum absolute atomic E-state index is 11.3. The van der Waals surface area contributed by atoms with Crippen molar-refractivity contribution in [3.8, 4) is 5.75 Å². The summed E-state index contributed by atoms with van der Waals surface area (Å²) in [6.07, 6.45) is 1.04. The van der Waals surface area contributed by atoms with Crippen LogP contribution >= 0.6 is 0 Å². The molecule has 0 radical (unpaired) electrons. The smallest absolute Gasteiger partial charge is 0.126 e. The number of ether oxygens (including phenoxy) is 1. The number of aryl methyl sites for hydroxylation is 2. The van der Waals surface area contributed by atoms with E-state index in [1.165, 1.54) is 47.4 Å². The number of rotatable bonds is 3. The van der Waals surface area contributed by atoms with Crippen molar-refractivity contribution in [1.82, 2.24) is 0 Å². The second-order valence-electron chi connectivity index (χ2n) is 7.82. The van der Waals surface area contributed by atoms with Crippen LogP contribution in [0.1, 0.15) is 43.0 Å². The van der Waals surface area contributed by atoms with Crippen LogP contribution in [-0.4, -0.2) is 35.0 Å². The molecule has 158 valence electrons. The fraction of sp³-hybridized carbons (Fsp3) is 0.381. The largest absolute Gasteiger partial charge is 0.487 e. The molecule has 1 aliphatic rings. The van der Waals surface area contributed by atoms with Crippen molar-refractivity contribution in [3.05, 3.63) is 52.6 Å². The predicted octanol–water partition coefficient (Wildman–Crippen LogP) is 3.03. The van der Waals surface area contributed by atoms with Crippen molar-refractivity contribution in [2.24, 2.45) is 0 Å². The number of carbonyl (C=O) groups excluding carboxylic acids is 1. The molecular weight excluding hydrogens is 437 g/mol. The van der Waals surface area contributed by atoms with E-state index in [2.05, 4.69) is 49.9 Å². The topological polar surface area (TPSA) is 105 Å². The van der Waals surface area contributed by atoms with Crippen molar-refractivity contribution in [2.45, 2.75) is 53.6 Å². The Morgan fingerprint density at radius 3 is 2.45 bits per heavy atom. The second kappa shape index (κ2) is 8.76. The fourth-order valence-electron chi connectivity index (χ4n) is 3.21. The molecular formula is C21H28AsNO6. The van der Waals surface area contributed by atoms with E-state index in [0.717, 1.165) is 12.2 Å². The first kappa shape index (κ1) is 23.2. The first-order chi connectivity index (χ1) is 13.4. The maximum Gasteiger partial charge on any atom is 0.126 e. The molecule has 0 aromatic heterocycles. The molecule has 0 spiro atoms. The molecule has 3 rings (SSSR count). The minimum absolute atomic E-state index is 0.0222. The SMILES string of the molecule is CC(=O)Nc1cccc([As](=O)(O)OO)c1.Cc1cc(C)c2c(c1C)OC(C)(C)C2. The van der Waals surface area contributed by atoms with Gasteiger partial charge in [0.15, 0.2) is 0 Å². The van der Waals surface area contributed by atoms with E-state index in [1.807, 2.05) is 0 Å². The Hall–Kier alpha value is -2.05. The molecule has 3 N–H and O–H groups in total. The van der Waals surface area contributed by atoms with Gasteiger partial charge in [-0.15, -0.1) is 0 Å². The van der Waals surface area contributed by atoms with Gasteiger partial charge in [0.05, 0.1) is 0 Å². The van der Waals surface area contributed by atoms with Crippen LogP contribution in [0, 0.1) is 20.8 Å². The number of fused-ring (bicyclic) bond motifs is 1. The van der Waals surface area contributed by atoms with Crippen LogP contribution in [0.2, 0.25) is 0 Å². The maximum atomic E-state index is 11.3. The van der Waals surface area contributed by atoms with Crippen molar-refractivity contribution in [3.63, 3.8) is 0 Å². The third-order valence-electron chi connectivity index (χ3n) is 4.70. The molecule has 1 unspecified atom stereocenters. The van der Waals surface area contributed by atoms with Gasteiger partial charge in [-0.2, -0.15) is 0 Å². The van der Waals surface area contributed by atoms with Gasteiger partial charge in [0, 0.05) is 12.0 Å². The summed E-state index contributed by atoms with van der Waals surface area (Å²) in [7, 11) is 0. The summed E-state index contributed by atoms with van der Waals surface area (Å²) in [5.41, 5.74) is 5.75. The molecule has 1 amide bonds. The molecule has 29 heavy (non-hydrogen) atoms. The number of carbonyl (C=O) groups is 1. The predicted molar refractivity (Wildman–Crippen MR) is 112 cm³/mol. The quantitative estimate of drug-likeness (QED) is 0.366. The van der Waals surface area contributed by atoms with Crippen LogP contribution in [0.3, 0.4) is 0 Å². The zero-order valence-electron chi connectivity index (χ0n) is 17.6. The van der Waals surface area contributed by atoms with Crippen LogP contribution < -0.4 is 14.4 Å². The average Bonchev–Trinajstić information content (AvgIpc) is 2.96. The molecule has 1 aliphatic heterocycles. The summed E-state index contributed by atoms with van der Waals surface area (Å²) in [4.78, 5) is 10.7. The molecule has 0 saturated heterocycles. The third kappa shape index (κ3) is 5.73. The summed E-state index contributed by atoms with van der Waals surface area (Å²) in [5.74, 6) is 0.838. The third-order valence-corrected chi connectivity index (χ3v) is 7.12. The van der Waals surface area contributed by atoms with Gasteiger partial charge in [-0.1, -0.05) is 6.07 Å². The van der Waals surface area contributed by atoms with E-state index >= 15 is 0 Å². The molecule has 8 heteroatoms. The summed E-state index contributed by atoms with van der Waals surface area (Å²) < 4.78 is 29.9. The van der Waals surface area contributed by atoms with Crippen LogP contribution in [-0.2, 0) is 18.8 Å². The molecule has 1 atom stereocenters. The Morgan fingerprint density at radius 2 is 1.86 bits per heavy atom. The second-order valence-corrected chi connectivity index (χ2v) is 11.4. The van der Waals surface area contributed by atoms with Crippen molar-refractivity contribution in [1.29, 1.82) is 0 Å². The van der Waals surface area contributed by atoms with Crippen molar-refractivity contribution >= 4 is 30.1 Å². The van der Waals surface area contributed by atoms with Crippen LogP contribution in [0.25, 0.3) is 0 Å². The molecule has 7 nitrogen and oxygen atoms in total. The number of hydrogen-bond donors (Lipinski definition) is 3. The van der Waals surface area contributed by atoms with Gasteiger partial charge in [0.2, 0.25) is 0 Å². The van der Waals surface area contributed by atoms with E-state index in [9.17, 15) is 12.6 Å². The van der Waals surface area contributed by atoms with E-state index in [-0.39, 0.29) is 15.9 Å². The van der Waals surface area contributed by atoms with Gasteiger partial charge >= 0.3 is 88.4 Å². The summed E-state index contributed by atoms with van der Waals surface area (Å²) in [5, 5.41) is 10.7. The first-order valence-electron chi connectivity index (χ1n) is 9.19. The number of nitrogens with one attached hydrogen (secondary N) is 1. The van der Waals surface area contributed by atoms with Gasteiger partial charge in [-0.25, -0.2) is 0 Å². The minimum atomic E-state index is -4.83. The molecule has 0 bridgehead atoms. The Balaban J connectivity index is 0.000000207. The van der Waals surface area contributed by atoms with E-state index < -0.39 is 14.2 Å². The number of hydrogen-bond acceptors (Lipinski definition) is 5. The number of amides is 1. The van der Waals surface area contributed by atoms with E-state index in [1.54, 1.807) is 6.07 Å². The van der Waals surface area contributed by atoms with Crippen LogP contribution in [0.5, 0.6) is 5.75 Å². The van der Waals surface area contributed by atoms with E-state index in [0.29, 0.717) is 5.69 Å². The summed E-state index contributed by atoms with van der Waals surface area (Å²) in [6.45, 7) is 12.1. The standard InChI is InChI=1S/C13H18O.C8H10AsNO5/c1-8-6-9(2)11-7-13(4,5)14-12(11)10(8)3;1-6(11)10-8-4-2-3-7(5-8)9(12,13)15-14/h6H,7H2,1-5H3;2-5,14H,1H3,(H,10,11)(H,12,13). The first-order valence-corrected chi connectivity index (χ1v) is 12.5. The van der Waals surface area contributed by atoms with Gasteiger partial charge < -0.3 is 4.74 Å². The zero-order valence-corrected chi connectivity index (χ0v) is 19.4. The summed E-state index contributed by atoms with van der Waals surface area (Å²) in [6, 6.07) is 7.90. The van der Waals surface area contributed by atoms with Crippen molar-refractivity contribution in [2.75, 3.05) is 5.32 Å². The Bertz CT molecular complexity index is 970. The van der Waals surface area contributed by atoms with Crippen LogP contribution in [0.15, 0.2) is 30.3 Å². The summed E-state index contributed by atoms with van der Waals surface area (Å²) >= 11 is -4.83. The van der Waals surface area contributed by atoms with Crippen LogP contribution in [0.4, 0.5) is 5.69 Å². The van der Waals surface area contributed by atoms with Crippen molar-refractivity contribution < 1.29 is 26.5 Å². The molecule has 2 aromatic carbocycles. The molecule has 0 aliphatic carbocycles. The zero-order chi connectivity index (χ0) is 22.0. The average molecular weight is 465 g/mol. The molecule has 1 heterocycles. The minimum Gasteiger partial charge on any atom is -0.487 e. The Morgan fingerprint density at radius 1 is 1.21 bits per heavy atom. The Kier molecular flexibility index (Phi) is 7.01. The molecule has 0 saturated carbocycles. The van der Waals surface area contributed by atoms with E-state index in [4.69, 9.17) is 9.99 Å². The fourth-order valence-corrected chi connectivity index (χ4v) is 4.62. The van der Waals surface area contributed by atoms with Gasteiger partial charge in [0.1, 0.15) is 11.4 Å².